The van der Waals surface area contributed by atoms with Crippen LogP contribution in [0.3, 0.4) is 0 Å². The average molecular weight is 432 g/mol. The first-order valence-corrected chi connectivity index (χ1v) is 10.4. The van der Waals surface area contributed by atoms with Crippen LogP contribution in [0, 0.1) is 12.7 Å². The van der Waals surface area contributed by atoms with Gasteiger partial charge in [0.1, 0.15) is 5.82 Å². The molecule has 0 saturated carbocycles. The predicted molar refractivity (Wildman–Crippen MR) is 119 cm³/mol. The number of halogens is 1. The first-order valence-electron chi connectivity index (χ1n) is 10.4. The Labute approximate surface area is 183 Å². The molecule has 0 bridgehead atoms. The van der Waals surface area contributed by atoms with E-state index in [1.165, 1.54) is 12.1 Å². The third-order valence-corrected chi connectivity index (χ3v) is 5.48. The molecule has 1 aliphatic rings. The average Bonchev–Trinajstić information content (AvgIpc) is 3.20. The van der Waals surface area contributed by atoms with Crippen molar-refractivity contribution in [2.24, 2.45) is 0 Å². The Morgan fingerprint density at radius 1 is 1.09 bits per heavy atom. The number of morpholine rings is 1. The number of nitrogens with one attached hydrogen (secondary N) is 1. The van der Waals surface area contributed by atoms with E-state index in [-0.39, 0.29) is 17.4 Å². The van der Waals surface area contributed by atoms with Crippen LogP contribution in [0.2, 0.25) is 0 Å². The summed E-state index contributed by atoms with van der Waals surface area (Å²) in [5, 5.41) is 7.51. The first kappa shape index (κ1) is 20.1. The highest BCUT2D eigenvalue weighted by Crippen LogP contribution is 2.28. The second kappa shape index (κ2) is 8.39. The predicted octanol–water partition coefficient (Wildman–Crippen LogP) is 4.43. The van der Waals surface area contributed by atoms with Crippen LogP contribution in [0.4, 0.5) is 15.8 Å². The van der Waals surface area contributed by atoms with E-state index in [9.17, 15) is 9.18 Å². The molecule has 8 heteroatoms. The molecule has 5 rings (SSSR count). The minimum absolute atomic E-state index is 0.261. The second-order valence-corrected chi connectivity index (χ2v) is 7.61. The molecule has 1 fully saturated rings. The van der Waals surface area contributed by atoms with Gasteiger partial charge in [0.2, 0.25) is 0 Å². The zero-order valence-electron chi connectivity index (χ0n) is 17.5. The van der Waals surface area contributed by atoms with E-state index >= 15 is 0 Å². The Morgan fingerprint density at radius 2 is 1.88 bits per heavy atom. The number of benzene rings is 2. The van der Waals surface area contributed by atoms with Gasteiger partial charge in [0, 0.05) is 30.0 Å². The summed E-state index contributed by atoms with van der Waals surface area (Å²) in [6, 6.07) is 15.3. The number of pyridine rings is 1. The van der Waals surface area contributed by atoms with Gasteiger partial charge in [-0.15, -0.1) is 0 Å². The summed E-state index contributed by atoms with van der Waals surface area (Å²) in [4.78, 5) is 20.0. The summed E-state index contributed by atoms with van der Waals surface area (Å²) in [5.41, 5.74) is 4.11. The van der Waals surface area contributed by atoms with Crippen molar-refractivity contribution < 1.29 is 18.4 Å². The van der Waals surface area contributed by atoms with E-state index in [2.05, 4.69) is 20.4 Å². The summed E-state index contributed by atoms with van der Waals surface area (Å²) in [5.74, 6) is -0.644. The molecular weight excluding hydrogens is 411 g/mol. The molecule has 1 N–H and O–H groups in total. The number of carbonyl (C=O) groups excluding carboxylic acids is 1. The Hall–Kier alpha value is -3.78. The van der Waals surface area contributed by atoms with Crippen molar-refractivity contribution in [3.63, 3.8) is 0 Å². The molecule has 0 atom stereocenters. The second-order valence-electron chi connectivity index (χ2n) is 7.61. The van der Waals surface area contributed by atoms with Crippen molar-refractivity contribution in [3.8, 4) is 11.3 Å². The maximum atomic E-state index is 13.4. The Bertz CT molecular complexity index is 1280. The number of hydrogen-bond donors (Lipinski definition) is 1. The molecule has 3 heterocycles. The van der Waals surface area contributed by atoms with E-state index in [0.29, 0.717) is 46.8 Å². The fourth-order valence-electron chi connectivity index (χ4n) is 3.84. The number of rotatable bonds is 4. The van der Waals surface area contributed by atoms with Crippen molar-refractivity contribution in [1.82, 2.24) is 10.1 Å². The number of nitrogens with zero attached hydrogens (tertiary/aromatic N) is 3. The van der Waals surface area contributed by atoms with Gasteiger partial charge in [0.15, 0.2) is 0 Å². The van der Waals surface area contributed by atoms with Gasteiger partial charge in [-0.25, -0.2) is 9.37 Å². The third kappa shape index (κ3) is 3.92. The van der Waals surface area contributed by atoms with Crippen molar-refractivity contribution in [2.75, 3.05) is 36.5 Å². The van der Waals surface area contributed by atoms with Crippen LogP contribution in [0.25, 0.3) is 22.4 Å². The molecule has 1 aliphatic heterocycles. The van der Waals surface area contributed by atoms with E-state index in [1.54, 1.807) is 25.1 Å². The Balaban J connectivity index is 1.49. The highest BCUT2D eigenvalue weighted by Gasteiger charge is 2.20. The number of fused-ring (bicyclic) bond motifs is 1. The molecule has 1 amide bonds. The fraction of sp³-hybridized carbons (Fsp3) is 0.208. The third-order valence-electron chi connectivity index (χ3n) is 5.48. The first-order chi connectivity index (χ1) is 15.6. The lowest BCUT2D eigenvalue weighted by Crippen LogP contribution is -2.36. The number of carbonyl (C=O) groups is 1. The molecule has 0 unspecified atom stereocenters. The number of hydrogen-bond acceptors (Lipinski definition) is 6. The van der Waals surface area contributed by atoms with Gasteiger partial charge in [-0.1, -0.05) is 11.2 Å². The molecule has 1 saturated heterocycles. The van der Waals surface area contributed by atoms with Crippen molar-refractivity contribution in [2.45, 2.75) is 6.92 Å². The van der Waals surface area contributed by atoms with Crippen molar-refractivity contribution in [3.05, 3.63) is 71.7 Å². The molecule has 0 radical (unpaired) electrons. The van der Waals surface area contributed by atoms with Crippen LogP contribution in [0.1, 0.15) is 16.1 Å². The Kier molecular flexibility index (Phi) is 5.28. The molecule has 7 nitrogen and oxygen atoms in total. The SMILES string of the molecule is Cc1noc2nc(-c3ccc(F)cc3)cc(C(=O)Nc3cccc(N4CCOCC4)c3)c12. The molecule has 2 aromatic heterocycles. The molecule has 0 aliphatic carbocycles. The van der Waals surface area contributed by atoms with Gasteiger partial charge in [0.05, 0.1) is 35.6 Å². The fourth-order valence-corrected chi connectivity index (χ4v) is 3.84. The molecule has 0 spiro atoms. The topological polar surface area (TPSA) is 80.5 Å². The van der Waals surface area contributed by atoms with Gasteiger partial charge >= 0.3 is 0 Å². The van der Waals surface area contributed by atoms with Crippen molar-refractivity contribution in [1.29, 1.82) is 0 Å². The highest BCUT2D eigenvalue weighted by atomic mass is 19.1. The van der Waals surface area contributed by atoms with Crippen LogP contribution in [-0.4, -0.2) is 42.4 Å². The maximum absolute atomic E-state index is 13.4. The number of anilines is 2. The molecule has 32 heavy (non-hydrogen) atoms. The van der Waals surface area contributed by atoms with E-state index < -0.39 is 0 Å². The van der Waals surface area contributed by atoms with Crippen LogP contribution >= 0.6 is 0 Å². The highest BCUT2D eigenvalue weighted by molar-refractivity contribution is 6.13. The number of amides is 1. The standard InChI is InChI=1S/C24H21FN4O3/c1-15-22-20(14-21(27-24(22)32-28-15)16-5-7-17(25)8-6-16)23(30)26-18-3-2-4-19(13-18)29-9-11-31-12-10-29/h2-8,13-14H,9-12H2,1H3,(H,26,30). The maximum Gasteiger partial charge on any atom is 0.259 e. The van der Waals surface area contributed by atoms with E-state index in [4.69, 9.17) is 9.26 Å². The molecule has 4 aromatic rings. The summed E-state index contributed by atoms with van der Waals surface area (Å²) in [6.07, 6.45) is 0. The molecule has 162 valence electrons. The summed E-state index contributed by atoms with van der Waals surface area (Å²) in [7, 11) is 0. The van der Waals surface area contributed by atoms with Gasteiger partial charge in [-0.3, -0.25) is 4.79 Å². The van der Waals surface area contributed by atoms with Gasteiger partial charge in [-0.2, -0.15) is 0 Å². The Morgan fingerprint density at radius 3 is 2.66 bits per heavy atom. The van der Waals surface area contributed by atoms with Crippen molar-refractivity contribution >= 4 is 28.4 Å². The smallest absolute Gasteiger partial charge is 0.259 e. The summed E-state index contributed by atoms with van der Waals surface area (Å²) < 4.78 is 24.1. The van der Waals surface area contributed by atoms with E-state index in [1.807, 2.05) is 24.3 Å². The molecular formula is C24H21FN4O3. The molecule has 2 aromatic carbocycles. The number of aryl methyl sites for hydroxylation is 1. The lowest BCUT2D eigenvalue weighted by atomic mass is 10.0. The van der Waals surface area contributed by atoms with Crippen LogP contribution in [-0.2, 0) is 4.74 Å². The summed E-state index contributed by atoms with van der Waals surface area (Å²) in [6.45, 7) is 4.75. The number of ether oxygens (including phenoxy) is 1. The lowest BCUT2D eigenvalue weighted by molar-refractivity contribution is 0.102. The zero-order valence-corrected chi connectivity index (χ0v) is 17.5. The van der Waals surface area contributed by atoms with Crippen LogP contribution in [0.5, 0.6) is 0 Å². The normalized spacial score (nSPS) is 14.0. The minimum atomic E-state index is -0.344. The van der Waals surface area contributed by atoms with Crippen LogP contribution < -0.4 is 10.2 Å². The van der Waals surface area contributed by atoms with Gasteiger partial charge in [-0.05, 0) is 55.5 Å². The monoisotopic (exact) mass is 432 g/mol. The number of aromatic nitrogens is 2. The van der Waals surface area contributed by atoms with Gasteiger partial charge in [0.25, 0.3) is 11.6 Å². The summed E-state index contributed by atoms with van der Waals surface area (Å²) >= 11 is 0. The van der Waals surface area contributed by atoms with Gasteiger partial charge < -0.3 is 19.5 Å². The minimum Gasteiger partial charge on any atom is -0.378 e. The zero-order chi connectivity index (χ0) is 22.1. The largest absolute Gasteiger partial charge is 0.378 e. The lowest BCUT2D eigenvalue weighted by Gasteiger charge is -2.29. The van der Waals surface area contributed by atoms with Crippen LogP contribution in [0.15, 0.2) is 59.1 Å². The van der Waals surface area contributed by atoms with E-state index in [0.717, 1.165) is 18.8 Å². The quantitative estimate of drug-likeness (QED) is 0.514.